The molecule has 1 aromatic heterocycles. The molecule has 24 heavy (non-hydrogen) atoms. The van der Waals surface area contributed by atoms with E-state index in [0.717, 1.165) is 16.8 Å². The van der Waals surface area contributed by atoms with E-state index < -0.39 is 0 Å². The van der Waals surface area contributed by atoms with Crippen molar-refractivity contribution in [1.82, 2.24) is 9.97 Å². The van der Waals surface area contributed by atoms with Crippen LogP contribution in [0.2, 0.25) is 0 Å². The number of aliphatic imine (C=N–C) groups is 1. The molecular formula is C18H15N5O. The van der Waals surface area contributed by atoms with Gasteiger partial charge < -0.3 is 11.1 Å². The average Bonchev–Trinajstić information content (AvgIpc) is 2.62. The number of nitrogens with one attached hydrogen (secondary N) is 2. The number of hydrogen-bond donors (Lipinski definition) is 3. The number of nitrogen functional groups attached to an aromatic ring is 1. The lowest BCUT2D eigenvalue weighted by Crippen LogP contribution is -2.29. The van der Waals surface area contributed by atoms with Gasteiger partial charge in [0.15, 0.2) is 5.82 Å². The summed E-state index contributed by atoms with van der Waals surface area (Å²) in [5.74, 6) is 0.358. The predicted octanol–water partition coefficient (Wildman–Crippen LogP) is 2.64. The number of aromatic amines is 1. The maximum atomic E-state index is 12.2. The third kappa shape index (κ3) is 2.44. The van der Waals surface area contributed by atoms with E-state index >= 15 is 0 Å². The standard InChI is InChI=1S/C18H15N5O/c19-18-22-16-15(17(24)23-18)20-13(11-7-3-1-4-8-11)14(21-16)12-9-5-2-6-10-12/h1-10,13,20H,(H3,19,22,23,24). The summed E-state index contributed by atoms with van der Waals surface area (Å²) in [6, 6.07) is 19.5. The topological polar surface area (TPSA) is 96.2 Å². The number of nitrogens with zero attached hydrogens (tertiary/aromatic N) is 2. The van der Waals surface area contributed by atoms with E-state index in [2.05, 4.69) is 20.3 Å². The summed E-state index contributed by atoms with van der Waals surface area (Å²) in [5.41, 5.74) is 8.43. The van der Waals surface area contributed by atoms with Gasteiger partial charge in [0.2, 0.25) is 5.95 Å². The first-order chi connectivity index (χ1) is 11.7. The third-order valence-electron chi connectivity index (χ3n) is 3.91. The molecule has 1 aliphatic heterocycles. The van der Waals surface area contributed by atoms with Crippen molar-refractivity contribution in [3.8, 4) is 0 Å². The molecule has 1 unspecified atom stereocenters. The third-order valence-corrected chi connectivity index (χ3v) is 3.91. The van der Waals surface area contributed by atoms with Gasteiger partial charge in [-0.15, -0.1) is 0 Å². The fraction of sp³-hybridized carbons (Fsp3) is 0.0556. The first kappa shape index (κ1) is 14.2. The van der Waals surface area contributed by atoms with Gasteiger partial charge in [0.25, 0.3) is 5.56 Å². The zero-order valence-corrected chi connectivity index (χ0v) is 12.7. The molecule has 118 valence electrons. The van der Waals surface area contributed by atoms with Gasteiger partial charge in [0, 0.05) is 0 Å². The van der Waals surface area contributed by atoms with E-state index in [-0.39, 0.29) is 17.5 Å². The highest BCUT2D eigenvalue weighted by Gasteiger charge is 2.27. The van der Waals surface area contributed by atoms with Crippen molar-refractivity contribution in [3.05, 3.63) is 82.1 Å². The zero-order chi connectivity index (χ0) is 16.5. The normalized spacial score (nSPS) is 16.0. The highest BCUT2D eigenvalue weighted by atomic mass is 16.1. The van der Waals surface area contributed by atoms with Crippen LogP contribution in [0.15, 0.2) is 70.5 Å². The number of hydrogen-bond acceptors (Lipinski definition) is 5. The number of benzene rings is 2. The SMILES string of the molecule is Nc1nc2c(c(=O)[nH]1)NC(c1ccccc1)C(c1ccccc1)=N2. The molecule has 0 aliphatic carbocycles. The molecule has 1 aliphatic rings. The van der Waals surface area contributed by atoms with Gasteiger partial charge in [0.05, 0.1) is 11.8 Å². The van der Waals surface area contributed by atoms with Crippen molar-refractivity contribution in [1.29, 1.82) is 0 Å². The summed E-state index contributed by atoms with van der Waals surface area (Å²) in [6.07, 6.45) is 0. The van der Waals surface area contributed by atoms with Gasteiger partial charge in [-0.3, -0.25) is 9.78 Å². The zero-order valence-electron chi connectivity index (χ0n) is 12.7. The van der Waals surface area contributed by atoms with Crippen molar-refractivity contribution >= 4 is 23.2 Å². The van der Waals surface area contributed by atoms with Crippen LogP contribution >= 0.6 is 0 Å². The number of fused-ring (bicyclic) bond motifs is 1. The second-order valence-corrected chi connectivity index (χ2v) is 5.50. The Morgan fingerprint density at radius 3 is 2.33 bits per heavy atom. The quantitative estimate of drug-likeness (QED) is 0.677. The molecule has 4 N–H and O–H groups in total. The Labute approximate surface area is 138 Å². The number of anilines is 2. The molecule has 1 atom stereocenters. The molecule has 4 rings (SSSR count). The lowest BCUT2D eigenvalue weighted by atomic mass is 9.95. The molecule has 0 bridgehead atoms. The van der Waals surface area contributed by atoms with E-state index in [4.69, 9.17) is 5.73 Å². The van der Waals surface area contributed by atoms with Crippen molar-refractivity contribution in [2.45, 2.75) is 6.04 Å². The Balaban J connectivity index is 1.93. The summed E-state index contributed by atoms with van der Waals surface area (Å²) in [7, 11) is 0. The minimum atomic E-state index is -0.325. The summed E-state index contributed by atoms with van der Waals surface area (Å²) in [6.45, 7) is 0. The highest BCUT2D eigenvalue weighted by Crippen LogP contribution is 2.33. The molecular weight excluding hydrogens is 302 g/mol. The van der Waals surface area contributed by atoms with Crippen LogP contribution in [0, 0.1) is 0 Å². The van der Waals surface area contributed by atoms with Gasteiger partial charge >= 0.3 is 0 Å². The summed E-state index contributed by atoms with van der Waals surface area (Å²) in [4.78, 5) is 23.5. The summed E-state index contributed by atoms with van der Waals surface area (Å²) in [5, 5.41) is 3.26. The minimum absolute atomic E-state index is 0.0508. The summed E-state index contributed by atoms with van der Waals surface area (Å²) < 4.78 is 0. The molecule has 2 heterocycles. The number of H-pyrrole nitrogens is 1. The maximum absolute atomic E-state index is 12.2. The number of aromatic nitrogens is 2. The van der Waals surface area contributed by atoms with Gasteiger partial charge in [0.1, 0.15) is 5.69 Å². The Morgan fingerprint density at radius 1 is 0.958 bits per heavy atom. The van der Waals surface area contributed by atoms with Gasteiger partial charge in [-0.05, 0) is 11.1 Å². The molecule has 0 spiro atoms. The van der Waals surface area contributed by atoms with E-state index in [9.17, 15) is 4.79 Å². The van der Waals surface area contributed by atoms with E-state index in [0.29, 0.717) is 11.5 Å². The maximum Gasteiger partial charge on any atom is 0.277 e. The molecule has 0 saturated heterocycles. The molecule has 0 saturated carbocycles. The van der Waals surface area contributed by atoms with E-state index in [1.54, 1.807) is 0 Å². The number of nitrogens with two attached hydrogens (primary N) is 1. The highest BCUT2D eigenvalue weighted by molar-refractivity contribution is 6.09. The smallest absolute Gasteiger partial charge is 0.277 e. The van der Waals surface area contributed by atoms with Crippen LogP contribution in [0.4, 0.5) is 17.5 Å². The molecule has 0 amide bonds. The Hall–Kier alpha value is -3.41. The van der Waals surface area contributed by atoms with Gasteiger partial charge in [-0.25, -0.2) is 4.99 Å². The second kappa shape index (κ2) is 5.66. The van der Waals surface area contributed by atoms with E-state index in [1.165, 1.54) is 0 Å². The van der Waals surface area contributed by atoms with Gasteiger partial charge in [-0.2, -0.15) is 4.98 Å². The first-order valence-corrected chi connectivity index (χ1v) is 7.57. The largest absolute Gasteiger partial charge is 0.369 e. The Kier molecular flexibility index (Phi) is 3.35. The molecule has 2 aromatic carbocycles. The average molecular weight is 317 g/mol. The van der Waals surface area contributed by atoms with Crippen LogP contribution in [-0.4, -0.2) is 15.7 Å². The van der Waals surface area contributed by atoms with Crippen molar-refractivity contribution in [3.63, 3.8) is 0 Å². The molecule has 6 nitrogen and oxygen atoms in total. The summed E-state index contributed by atoms with van der Waals surface area (Å²) >= 11 is 0. The minimum Gasteiger partial charge on any atom is -0.369 e. The van der Waals surface area contributed by atoms with E-state index in [1.807, 2.05) is 60.7 Å². The van der Waals surface area contributed by atoms with Crippen molar-refractivity contribution < 1.29 is 0 Å². The lowest BCUT2D eigenvalue weighted by molar-refractivity contribution is 0.978. The molecule has 3 aromatic rings. The first-order valence-electron chi connectivity index (χ1n) is 7.57. The molecule has 6 heteroatoms. The Morgan fingerprint density at radius 2 is 1.62 bits per heavy atom. The van der Waals surface area contributed by atoms with Crippen molar-refractivity contribution in [2.24, 2.45) is 4.99 Å². The molecule has 0 fully saturated rings. The Bertz CT molecular complexity index is 964. The second-order valence-electron chi connectivity index (χ2n) is 5.50. The van der Waals surface area contributed by atoms with Crippen LogP contribution in [0.1, 0.15) is 17.2 Å². The van der Waals surface area contributed by atoms with Crippen LogP contribution in [0.25, 0.3) is 0 Å². The number of rotatable bonds is 2. The monoisotopic (exact) mass is 317 g/mol. The van der Waals surface area contributed by atoms with Gasteiger partial charge in [-0.1, -0.05) is 60.7 Å². The fourth-order valence-electron chi connectivity index (χ4n) is 2.81. The molecule has 0 radical (unpaired) electrons. The van der Waals surface area contributed by atoms with Crippen molar-refractivity contribution in [2.75, 3.05) is 11.1 Å². The van der Waals surface area contributed by atoms with Crippen LogP contribution in [0.3, 0.4) is 0 Å². The fourth-order valence-corrected chi connectivity index (χ4v) is 2.81. The lowest BCUT2D eigenvalue weighted by Gasteiger charge is -2.26. The van der Waals surface area contributed by atoms with Crippen LogP contribution in [-0.2, 0) is 0 Å². The predicted molar refractivity (Wildman–Crippen MR) is 94.7 cm³/mol. The van der Waals surface area contributed by atoms with Crippen LogP contribution < -0.4 is 16.6 Å². The van der Waals surface area contributed by atoms with Crippen LogP contribution in [0.5, 0.6) is 0 Å².